The van der Waals surface area contributed by atoms with Gasteiger partial charge in [-0.15, -0.1) is 0 Å². The molecule has 0 spiro atoms. The third kappa shape index (κ3) is 7.37. The first-order valence-corrected chi connectivity index (χ1v) is 15.9. The number of fused-ring (bicyclic) bond motifs is 5. The van der Waals surface area contributed by atoms with E-state index in [0.29, 0.717) is 19.0 Å². The fourth-order valence-corrected chi connectivity index (χ4v) is 6.49. The van der Waals surface area contributed by atoms with Gasteiger partial charge >= 0.3 is 6.09 Å². The van der Waals surface area contributed by atoms with Crippen LogP contribution in [0.3, 0.4) is 0 Å². The molecule has 2 bridgehead atoms. The van der Waals surface area contributed by atoms with Crippen molar-refractivity contribution in [3.63, 3.8) is 0 Å². The van der Waals surface area contributed by atoms with Crippen molar-refractivity contribution in [3.8, 4) is 11.5 Å². The molecule has 11 nitrogen and oxygen atoms in total. The van der Waals surface area contributed by atoms with Crippen molar-refractivity contribution in [2.45, 2.75) is 90.5 Å². The number of aryl methyl sites for hydroxylation is 1. The number of carbonyl (C=O) groups excluding carboxylic acids is 1. The molecule has 5 N–H and O–H groups in total. The van der Waals surface area contributed by atoms with Gasteiger partial charge in [0.1, 0.15) is 17.1 Å². The number of hydrogen-bond donors (Lipinski definition) is 3. The number of amidine groups is 1. The average Bonchev–Trinajstić information content (AvgIpc) is 3.46. The Bertz CT molecular complexity index is 1530. The molecule has 2 aliphatic heterocycles. The minimum Gasteiger partial charge on any atom is -0.496 e. The second-order valence-corrected chi connectivity index (χ2v) is 12.9. The Morgan fingerprint density at radius 1 is 1.13 bits per heavy atom. The van der Waals surface area contributed by atoms with E-state index < -0.39 is 11.7 Å². The van der Waals surface area contributed by atoms with Gasteiger partial charge in [0, 0.05) is 54.0 Å². The van der Waals surface area contributed by atoms with E-state index in [0.717, 1.165) is 96.3 Å². The van der Waals surface area contributed by atoms with Gasteiger partial charge in [-0.05, 0) is 83.6 Å². The fraction of sp³-hybridized carbons (Fsp3) is 0.529. The normalized spacial score (nSPS) is 20.3. The van der Waals surface area contributed by atoms with Crippen molar-refractivity contribution < 1.29 is 23.7 Å². The Labute approximate surface area is 265 Å². The minimum atomic E-state index is -0.609. The highest BCUT2D eigenvalue weighted by molar-refractivity contribution is 5.98. The Kier molecular flexibility index (Phi) is 10.2. The van der Waals surface area contributed by atoms with Gasteiger partial charge in [-0.25, -0.2) is 10.6 Å². The van der Waals surface area contributed by atoms with Crippen LogP contribution < -0.4 is 26.6 Å². The molecule has 0 saturated carbocycles. The van der Waals surface area contributed by atoms with Gasteiger partial charge < -0.3 is 30.2 Å². The Morgan fingerprint density at radius 3 is 2.62 bits per heavy atom. The van der Waals surface area contributed by atoms with Gasteiger partial charge in [-0.3, -0.25) is 9.47 Å². The molecule has 2 atom stereocenters. The van der Waals surface area contributed by atoms with Crippen LogP contribution in [0.25, 0.3) is 10.9 Å². The van der Waals surface area contributed by atoms with Crippen molar-refractivity contribution in [2.75, 3.05) is 26.9 Å². The van der Waals surface area contributed by atoms with Crippen LogP contribution in [-0.2, 0) is 16.0 Å². The Balaban J connectivity index is 1.57. The van der Waals surface area contributed by atoms with Crippen LogP contribution in [0.2, 0.25) is 0 Å². The first-order valence-electron chi connectivity index (χ1n) is 15.9. The smallest absolute Gasteiger partial charge is 0.419 e. The number of methoxy groups -OCH3 is 1. The summed E-state index contributed by atoms with van der Waals surface area (Å²) in [6.07, 6.45) is 7.48. The van der Waals surface area contributed by atoms with Crippen molar-refractivity contribution in [3.05, 3.63) is 58.8 Å². The third-order valence-electron chi connectivity index (χ3n) is 8.63. The standard InChI is InChI=1S/C34H48N6O5/c1-22-18-29(42-5)27(25-13-15-40(31(22)25)33(41)45-34(2,3)4)21-39-14-12-24-20-28(39)26-11-10-23(32(37-35)38-36)19-30(26)44-17-9-7-6-8-16-43-24/h10-11,13,15,18-19,24,28H,6-9,12,14,16-17,20-21,35-36H2,1-5H3,(H,37,38)/t24?,28-/m0/s1. The molecular formula is C34H48N6O5. The summed E-state index contributed by atoms with van der Waals surface area (Å²) in [6, 6.07) is 10.0. The highest BCUT2D eigenvalue weighted by Gasteiger charge is 2.34. The lowest BCUT2D eigenvalue weighted by Gasteiger charge is -2.40. The van der Waals surface area contributed by atoms with Gasteiger partial charge in [0.05, 0.1) is 25.3 Å². The monoisotopic (exact) mass is 620 g/mol. The molecule has 5 rings (SSSR count). The fourth-order valence-electron chi connectivity index (χ4n) is 6.49. The summed E-state index contributed by atoms with van der Waals surface area (Å²) >= 11 is 0. The molecule has 2 aromatic carbocycles. The summed E-state index contributed by atoms with van der Waals surface area (Å²) in [5, 5.41) is 4.77. The zero-order valence-corrected chi connectivity index (χ0v) is 27.2. The molecule has 0 aliphatic carbocycles. The maximum atomic E-state index is 13.2. The van der Waals surface area contributed by atoms with Crippen LogP contribution >= 0.6 is 0 Å². The summed E-state index contributed by atoms with van der Waals surface area (Å²) in [4.78, 5) is 15.7. The summed E-state index contributed by atoms with van der Waals surface area (Å²) in [6.45, 7) is 10.4. The zero-order chi connectivity index (χ0) is 32.1. The average molecular weight is 621 g/mol. The lowest BCUT2D eigenvalue weighted by molar-refractivity contribution is -0.0203. The summed E-state index contributed by atoms with van der Waals surface area (Å²) in [5.41, 5.74) is 6.59. The number of hydrogen-bond acceptors (Lipinski definition) is 9. The van der Waals surface area contributed by atoms with E-state index in [2.05, 4.69) is 21.5 Å². The van der Waals surface area contributed by atoms with Crippen LogP contribution in [0.4, 0.5) is 4.79 Å². The number of nitrogens with one attached hydrogen (secondary N) is 1. The number of rotatable bonds is 4. The van der Waals surface area contributed by atoms with E-state index >= 15 is 0 Å². The van der Waals surface area contributed by atoms with Crippen molar-refractivity contribution >= 4 is 22.8 Å². The number of ether oxygens (including phenoxy) is 4. The zero-order valence-electron chi connectivity index (χ0n) is 27.2. The maximum absolute atomic E-state index is 13.2. The molecule has 1 unspecified atom stereocenters. The number of benzene rings is 2. The molecular weight excluding hydrogens is 572 g/mol. The molecule has 45 heavy (non-hydrogen) atoms. The van der Waals surface area contributed by atoms with Gasteiger partial charge in [-0.1, -0.05) is 18.6 Å². The number of hydrazine groups is 1. The van der Waals surface area contributed by atoms with Crippen molar-refractivity contribution in [1.82, 2.24) is 14.9 Å². The van der Waals surface area contributed by atoms with E-state index in [1.54, 1.807) is 17.9 Å². The lowest BCUT2D eigenvalue weighted by Crippen LogP contribution is -2.40. The minimum absolute atomic E-state index is 0.00616. The molecule has 3 aromatic rings. The van der Waals surface area contributed by atoms with E-state index in [4.69, 9.17) is 30.6 Å². The molecule has 3 heterocycles. The number of piperidine rings is 1. The van der Waals surface area contributed by atoms with E-state index in [1.807, 2.05) is 52.0 Å². The van der Waals surface area contributed by atoms with E-state index in [-0.39, 0.29) is 12.1 Å². The number of hydrazone groups is 1. The predicted octanol–water partition coefficient (Wildman–Crippen LogP) is 5.50. The lowest BCUT2D eigenvalue weighted by atomic mass is 9.90. The first-order chi connectivity index (χ1) is 21.6. The number of likely N-dealkylation sites (tertiary alicyclic amines) is 1. The van der Waals surface area contributed by atoms with Gasteiger partial charge in [0.25, 0.3) is 0 Å². The molecule has 11 heteroatoms. The summed E-state index contributed by atoms with van der Waals surface area (Å²) in [5.74, 6) is 13.3. The Morgan fingerprint density at radius 2 is 1.91 bits per heavy atom. The molecule has 244 valence electrons. The van der Waals surface area contributed by atoms with Gasteiger partial charge in [0.2, 0.25) is 0 Å². The van der Waals surface area contributed by atoms with Crippen LogP contribution in [0.5, 0.6) is 11.5 Å². The van der Waals surface area contributed by atoms with Crippen LogP contribution in [-0.4, -0.2) is 60.0 Å². The highest BCUT2D eigenvalue weighted by Crippen LogP contribution is 2.41. The summed E-state index contributed by atoms with van der Waals surface area (Å²) in [7, 11) is 1.70. The maximum Gasteiger partial charge on any atom is 0.419 e. The van der Waals surface area contributed by atoms with Gasteiger partial charge in [-0.2, -0.15) is 5.10 Å². The number of nitrogens with two attached hydrogens (primary N) is 2. The first kappa shape index (κ1) is 32.6. The SMILES string of the molecule is COc1cc(C)c2c(ccn2C(=O)OC(C)(C)C)c1CN1CCC2C[C@H]1c1ccc(/C(=N/N)NN)cc1OCCCCCCO2. The van der Waals surface area contributed by atoms with Crippen LogP contribution in [0.15, 0.2) is 41.6 Å². The van der Waals surface area contributed by atoms with E-state index in [9.17, 15) is 4.79 Å². The predicted molar refractivity (Wildman–Crippen MR) is 175 cm³/mol. The number of carbonyl (C=O) groups is 1. The van der Waals surface area contributed by atoms with E-state index in [1.165, 1.54) is 0 Å². The van der Waals surface area contributed by atoms with Gasteiger partial charge in [0.15, 0.2) is 5.84 Å². The largest absolute Gasteiger partial charge is 0.496 e. The second kappa shape index (κ2) is 14.1. The topological polar surface area (TPSA) is 139 Å². The molecule has 0 radical (unpaired) electrons. The number of nitrogens with zero attached hydrogens (tertiary/aromatic N) is 3. The van der Waals surface area contributed by atoms with Crippen LogP contribution in [0, 0.1) is 6.92 Å². The second-order valence-electron chi connectivity index (χ2n) is 12.9. The molecule has 2 aliphatic rings. The Hall–Kier alpha value is -3.80. The van der Waals surface area contributed by atoms with Crippen molar-refractivity contribution in [1.29, 1.82) is 0 Å². The third-order valence-corrected chi connectivity index (χ3v) is 8.63. The van der Waals surface area contributed by atoms with Crippen molar-refractivity contribution in [2.24, 2.45) is 16.8 Å². The quantitative estimate of drug-likeness (QED) is 0.149. The highest BCUT2D eigenvalue weighted by atomic mass is 16.6. The summed E-state index contributed by atoms with van der Waals surface area (Å²) < 4.78 is 26.2. The molecule has 1 fully saturated rings. The molecule has 1 saturated heterocycles. The molecule has 0 amide bonds. The van der Waals surface area contributed by atoms with Crippen LogP contribution in [0.1, 0.15) is 87.6 Å². The number of aromatic nitrogens is 1. The molecule has 1 aromatic heterocycles.